The molecule has 1 atom stereocenters. The van der Waals surface area contributed by atoms with Crippen molar-refractivity contribution in [3.8, 4) is 0 Å². The number of benzene rings is 1. The number of nitrogens with zero attached hydrogens (tertiary/aromatic N) is 1. The van der Waals surface area contributed by atoms with E-state index in [1.807, 2.05) is 18.7 Å². The molecule has 2 nitrogen and oxygen atoms in total. The van der Waals surface area contributed by atoms with E-state index in [0.29, 0.717) is 12.1 Å². The third-order valence-corrected chi connectivity index (χ3v) is 2.94. The van der Waals surface area contributed by atoms with Crippen LogP contribution < -0.4 is 0 Å². The minimum Gasteiger partial charge on any atom is -0.395 e. The molecule has 1 rings (SSSR count). The number of hydrogen-bond acceptors (Lipinski definition) is 2. The summed E-state index contributed by atoms with van der Waals surface area (Å²) in [6, 6.07) is 3.55. The molecule has 0 bridgehead atoms. The van der Waals surface area contributed by atoms with Gasteiger partial charge >= 0.3 is 0 Å². The Hall–Kier alpha value is -1.00. The Kier molecular flexibility index (Phi) is 5.51. The normalized spacial score (nSPS) is 13.1. The Labute approximate surface area is 101 Å². The highest BCUT2D eigenvalue weighted by atomic mass is 19.1. The predicted molar refractivity (Wildman–Crippen MR) is 63.7 cm³/mol. The van der Waals surface area contributed by atoms with Crippen LogP contribution >= 0.6 is 0 Å². The molecule has 0 aliphatic carbocycles. The second kappa shape index (κ2) is 6.67. The number of halogens is 2. The first-order valence-electron chi connectivity index (χ1n) is 5.93. The Morgan fingerprint density at radius 3 is 2.47 bits per heavy atom. The first-order valence-corrected chi connectivity index (χ1v) is 5.93. The minimum absolute atomic E-state index is 0.0349. The Morgan fingerprint density at radius 2 is 2.00 bits per heavy atom. The molecule has 17 heavy (non-hydrogen) atoms. The van der Waals surface area contributed by atoms with E-state index >= 15 is 0 Å². The van der Waals surface area contributed by atoms with E-state index in [-0.39, 0.29) is 12.6 Å². The molecule has 4 heteroatoms. The summed E-state index contributed by atoms with van der Waals surface area (Å²) < 4.78 is 26.5. The molecular formula is C13H19F2NO. The molecule has 0 amide bonds. The monoisotopic (exact) mass is 243 g/mol. The molecule has 0 fully saturated rings. The fourth-order valence-electron chi connectivity index (χ4n) is 2.11. The van der Waals surface area contributed by atoms with Gasteiger partial charge in [-0.15, -0.1) is 0 Å². The zero-order chi connectivity index (χ0) is 12.8. The van der Waals surface area contributed by atoms with Gasteiger partial charge in [0.05, 0.1) is 6.61 Å². The predicted octanol–water partition coefficient (Wildman–Crippen LogP) is 2.73. The lowest BCUT2D eigenvalue weighted by molar-refractivity contribution is 0.151. The van der Waals surface area contributed by atoms with Crippen molar-refractivity contribution >= 4 is 0 Å². The van der Waals surface area contributed by atoms with Crippen LogP contribution in [0.5, 0.6) is 0 Å². The average molecular weight is 243 g/mol. The first kappa shape index (κ1) is 14.1. The van der Waals surface area contributed by atoms with Crippen LogP contribution in [0.4, 0.5) is 8.78 Å². The number of likely N-dealkylation sites (N-methyl/N-ethyl adjacent to an activating group) is 1. The molecule has 0 saturated heterocycles. The van der Waals surface area contributed by atoms with Gasteiger partial charge in [0.1, 0.15) is 11.6 Å². The van der Waals surface area contributed by atoms with Gasteiger partial charge in [-0.05, 0) is 19.0 Å². The van der Waals surface area contributed by atoms with E-state index in [4.69, 9.17) is 5.11 Å². The van der Waals surface area contributed by atoms with Crippen LogP contribution in [-0.2, 0) is 0 Å². The topological polar surface area (TPSA) is 23.5 Å². The highest BCUT2D eigenvalue weighted by Gasteiger charge is 2.20. The molecule has 96 valence electrons. The second-order valence-electron chi connectivity index (χ2n) is 3.94. The molecule has 0 radical (unpaired) electrons. The van der Waals surface area contributed by atoms with E-state index in [1.165, 1.54) is 12.1 Å². The van der Waals surface area contributed by atoms with E-state index in [1.54, 1.807) is 0 Å². The summed E-state index contributed by atoms with van der Waals surface area (Å²) in [5.74, 6) is -1.08. The van der Waals surface area contributed by atoms with Crippen LogP contribution in [0.15, 0.2) is 18.2 Å². The van der Waals surface area contributed by atoms with E-state index < -0.39 is 11.6 Å². The summed E-state index contributed by atoms with van der Waals surface area (Å²) in [6.07, 6.45) is 0.719. The summed E-state index contributed by atoms with van der Waals surface area (Å²) in [5, 5.41) is 8.98. The standard InChI is InChI=1S/C13H19F2NO/c1-3-13(16(4-2)7-8-17)11-6-5-10(14)9-12(11)15/h5-6,9,13,17H,3-4,7-8H2,1-2H3. The molecule has 1 N–H and O–H groups in total. The molecule has 0 aliphatic rings. The largest absolute Gasteiger partial charge is 0.395 e. The first-order chi connectivity index (χ1) is 8.13. The van der Waals surface area contributed by atoms with E-state index in [2.05, 4.69) is 0 Å². The van der Waals surface area contributed by atoms with E-state index in [0.717, 1.165) is 19.0 Å². The third-order valence-electron chi connectivity index (χ3n) is 2.94. The summed E-state index contributed by atoms with van der Waals surface area (Å²) in [5.41, 5.74) is 0.490. The minimum atomic E-state index is -0.564. The van der Waals surface area contributed by atoms with Crippen molar-refractivity contribution in [3.63, 3.8) is 0 Å². The SMILES string of the molecule is CCC(c1ccc(F)cc1F)N(CC)CCO. The van der Waals surface area contributed by atoms with Crippen molar-refractivity contribution in [3.05, 3.63) is 35.4 Å². The van der Waals surface area contributed by atoms with Gasteiger partial charge in [0.15, 0.2) is 0 Å². The quantitative estimate of drug-likeness (QED) is 0.830. The summed E-state index contributed by atoms with van der Waals surface area (Å²) >= 11 is 0. The van der Waals surface area contributed by atoms with Gasteiger partial charge in [-0.1, -0.05) is 19.9 Å². The van der Waals surface area contributed by atoms with Crippen molar-refractivity contribution in [2.45, 2.75) is 26.3 Å². The maximum absolute atomic E-state index is 13.7. The maximum Gasteiger partial charge on any atom is 0.130 e. The van der Waals surface area contributed by atoms with Crippen LogP contribution in [0.2, 0.25) is 0 Å². The van der Waals surface area contributed by atoms with E-state index in [9.17, 15) is 8.78 Å². The summed E-state index contributed by atoms with van der Waals surface area (Å²) in [4.78, 5) is 1.98. The molecule has 0 aliphatic heterocycles. The van der Waals surface area contributed by atoms with Crippen LogP contribution in [0.1, 0.15) is 31.9 Å². The lowest BCUT2D eigenvalue weighted by Crippen LogP contribution is -2.31. The summed E-state index contributed by atoms with van der Waals surface area (Å²) in [7, 11) is 0. The van der Waals surface area contributed by atoms with Crippen molar-refractivity contribution in [2.75, 3.05) is 19.7 Å². The summed E-state index contributed by atoms with van der Waals surface area (Å²) in [6.45, 7) is 5.15. The van der Waals surface area contributed by atoms with Crippen molar-refractivity contribution < 1.29 is 13.9 Å². The third kappa shape index (κ3) is 3.48. The highest BCUT2D eigenvalue weighted by molar-refractivity contribution is 5.22. The van der Waals surface area contributed by atoms with Gasteiger partial charge in [-0.2, -0.15) is 0 Å². The van der Waals surface area contributed by atoms with Gasteiger partial charge in [0.2, 0.25) is 0 Å². The molecule has 1 unspecified atom stereocenters. The molecule has 1 aromatic carbocycles. The van der Waals surface area contributed by atoms with Crippen molar-refractivity contribution in [2.24, 2.45) is 0 Å². The lowest BCUT2D eigenvalue weighted by Gasteiger charge is -2.30. The van der Waals surface area contributed by atoms with Gasteiger partial charge in [-0.25, -0.2) is 8.78 Å². The average Bonchev–Trinajstić information content (AvgIpc) is 2.31. The molecule has 0 heterocycles. The number of rotatable bonds is 6. The van der Waals surface area contributed by atoms with Gasteiger partial charge in [0.25, 0.3) is 0 Å². The van der Waals surface area contributed by atoms with Crippen LogP contribution in [0.3, 0.4) is 0 Å². The molecule has 0 spiro atoms. The zero-order valence-corrected chi connectivity index (χ0v) is 10.3. The Balaban J connectivity index is 2.99. The van der Waals surface area contributed by atoms with Crippen molar-refractivity contribution in [1.29, 1.82) is 0 Å². The van der Waals surface area contributed by atoms with Crippen LogP contribution in [-0.4, -0.2) is 29.7 Å². The highest BCUT2D eigenvalue weighted by Crippen LogP contribution is 2.26. The molecular weight excluding hydrogens is 224 g/mol. The molecule has 0 saturated carbocycles. The van der Waals surface area contributed by atoms with Gasteiger partial charge < -0.3 is 5.11 Å². The smallest absolute Gasteiger partial charge is 0.130 e. The van der Waals surface area contributed by atoms with Gasteiger partial charge in [0, 0.05) is 24.2 Å². The molecule has 1 aromatic rings. The number of aliphatic hydroxyl groups is 1. The maximum atomic E-state index is 13.7. The lowest BCUT2D eigenvalue weighted by atomic mass is 10.0. The van der Waals surface area contributed by atoms with Gasteiger partial charge in [-0.3, -0.25) is 4.90 Å². The number of aliphatic hydroxyl groups excluding tert-OH is 1. The Bertz CT molecular complexity index is 357. The zero-order valence-electron chi connectivity index (χ0n) is 10.3. The Morgan fingerprint density at radius 1 is 1.29 bits per heavy atom. The van der Waals surface area contributed by atoms with Crippen LogP contribution in [0, 0.1) is 11.6 Å². The second-order valence-corrected chi connectivity index (χ2v) is 3.94. The fraction of sp³-hybridized carbons (Fsp3) is 0.538. The van der Waals surface area contributed by atoms with Crippen molar-refractivity contribution in [1.82, 2.24) is 4.90 Å². The molecule has 0 aromatic heterocycles. The number of hydrogen-bond donors (Lipinski definition) is 1. The fourth-order valence-corrected chi connectivity index (χ4v) is 2.11. The van der Waals surface area contributed by atoms with Crippen LogP contribution in [0.25, 0.3) is 0 Å².